The summed E-state index contributed by atoms with van der Waals surface area (Å²) in [6.45, 7) is 2.55. The third kappa shape index (κ3) is 2.12. The van der Waals surface area contributed by atoms with Crippen LogP contribution in [-0.4, -0.2) is 35.0 Å². The first kappa shape index (κ1) is 11.7. The molecular weight excluding hydrogens is 258 g/mol. The fourth-order valence-corrected chi connectivity index (χ4v) is 2.57. The molecule has 0 amide bonds. The lowest BCUT2D eigenvalue weighted by atomic mass is 10.1. The molecular formula is C14H15N3O3. The Kier molecular flexibility index (Phi) is 2.81. The number of nitrogens with zero attached hydrogens (tertiary/aromatic N) is 3. The van der Waals surface area contributed by atoms with Crippen molar-refractivity contribution >= 4 is 0 Å². The monoisotopic (exact) mass is 273 g/mol. The van der Waals surface area contributed by atoms with E-state index in [4.69, 9.17) is 14.2 Å². The third-order valence-electron chi connectivity index (χ3n) is 3.69. The van der Waals surface area contributed by atoms with Crippen molar-refractivity contribution in [2.45, 2.75) is 18.9 Å². The highest BCUT2D eigenvalue weighted by atomic mass is 16.7. The molecule has 0 bridgehead atoms. The van der Waals surface area contributed by atoms with Gasteiger partial charge in [0.1, 0.15) is 0 Å². The SMILES string of the molecule is c1cc2c(cc1Cn1cc([C@@H]3CCOC3)nn1)OCO2. The van der Waals surface area contributed by atoms with Gasteiger partial charge in [-0.05, 0) is 24.1 Å². The Labute approximate surface area is 116 Å². The Hall–Kier alpha value is -2.08. The molecule has 1 aromatic heterocycles. The first-order chi connectivity index (χ1) is 9.88. The van der Waals surface area contributed by atoms with Gasteiger partial charge in [0.2, 0.25) is 6.79 Å². The molecule has 6 heteroatoms. The molecule has 2 aliphatic rings. The summed E-state index contributed by atoms with van der Waals surface area (Å²) in [5.74, 6) is 1.99. The molecule has 0 radical (unpaired) electrons. The maximum atomic E-state index is 5.38. The molecule has 104 valence electrons. The van der Waals surface area contributed by atoms with E-state index in [1.807, 2.05) is 29.1 Å². The average molecular weight is 273 g/mol. The van der Waals surface area contributed by atoms with Crippen molar-refractivity contribution in [2.24, 2.45) is 0 Å². The summed E-state index contributed by atoms with van der Waals surface area (Å²) in [7, 11) is 0. The van der Waals surface area contributed by atoms with Gasteiger partial charge in [-0.3, -0.25) is 0 Å². The highest BCUT2D eigenvalue weighted by molar-refractivity contribution is 5.44. The Morgan fingerprint density at radius 1 is 1.25 bits per heavy atom. The molecule has 0 spiro atoms. The highest BCUT2D eigenvalue weighted by Crippen LogP contribution is 2.32. The van der Waals surface area contributed by atoms with Crippen molar-refractivity contribution in [3.8, 4) is 11.5 Å². The van der Waals surface area contributed by atoms with E-state index < -0.39 is 0 Å². The number of rotatable bonds is 3. The smallest absolute Gasteiger partial charge is 0.231 e. The van der Waals surface area contributed by atoms with E-state index in [9.17, 15) is 0 Å². The number of hydrogen-bond acceptors (Lipinski definition) is 5. The minimum absolute atomic E-state index is 0.300. The van der Waals surface area contributed by atoms with Crippen LogP contribution in [0.5, 0.6) is 11.5 Å². The van der Waals surface area contributed by atoms with Gasteiger partial charge in [-0.15, -0.1) is 5.10 Å². The topological polar surface area (TPSA) is 58.4 Å². The number of benzene rings is 1. The molecule has 20 heavy (non-hydrogen) atoms. The number of hydrogen-bond donors (Lipinski definition) is 0. The van der Waals surface area contributed by atoms with E-state index in [1.54, 1.807) is 0 Å². The molecule has 2 aromatic rings. The van der Waals surface area contributed by atoms with Gasteiger partial charge in [0.05, 0.1) is 18.8 Å². The van der Waals surface area contributed by atoms with E-state index >= 15 is 0 Å². The van der Waals surface area contributed by atoms with Gasteiger partial charge in [-0.1, -0.05) is 11.3 Å². The van der Waals surface area contributed by atoms with Crippen LogP contribution in [0.2, 0.25) is 0 Å². The largest absolute Gasteiger partial charge is 0.454 e. The van der Waals surface area contributed by atoms with Gasteiger partial charge in [0.15, 0.2) is 11.5 Å². The van der Waals surface area contributed by atoms with Crippen LogP contribution in [0.25, 0.3) is 0 Å². The van der Waals surface area contributed by atoms with Crippen LogP contribution in [0, 0.1) is 0 Å². The minimum Gasteiger partial charge on any atom is -0.454 e. The normalized spacial score (nSPS) is 20.5. The average Bonchev–Trinajstić information content (AvgIpc) is 3.19. The molecule has 0 N–H and O–H groups in total. The summed E-state index contributed by atoms with van der Waals surface area (Å²) in [5.41, 5.74) is 2.14. The minimum atomic E-state index is 0.300. The zero-order chi connectivity index (χ0) is 13.4. The van der Waals surface area contributed by atoms with Crippen molar-refractivity contribution in [1.82, 2.24) is 15.0 Å². The van der Waals surface area contributed by atoms with Crippen molar-refractivity contribution in [3.63, 3.8) is 0 Å². The molecule has 1 atom stereocenters. The Morgan fingerprint density at radius 2 is 2.20 bits per heavy atom. The molecule has 0 saturated carbocycles. The van der Waals surface area contributed by atoms with Gasteiger partial charge in [-0.25, -0.2) is 4.68 Å². The first-order valence-corrected chi connectivity index (χ1v) is 6.75. The van der Waals surface area contributed by atoms with Crippen LogP contribution in [-0.2, 0) is 11.3 Å². The summed E-state index contributed by atoms with van der Waals surface area (Å²) in [6.07, 6.45) is 3.03. The second-order valence-electron chi connectivity index (χ2n) is 5.09. The molecule has 2 aliphatic heterocycles. The maximum absolute atomic E-state index is 5.38. The van der Waals surface area contributed by atoms with Gasteiger partial charge < -0.3 is 14.2 Å². The summed E-state index contributed by atoms with van der Waals surface area (Å²) < 4.78 is 17.9. The quantitative estimate of drug-likeness (QED) is 0.849. The van der Waals surface area contributed by atoms with Crippen molar-refractivity contribution in [2.75, 3.05) is 20.0 Å². The van der Waals surface area contributed by atoms with E-state index in [0.717, 1.165) is 42.4 Å². The van der Waals surface area contributed by atoms with E-state index in [1.165, 1.54) is 0 Å². The summed E-state index contributed by atoms with van der Waals surface area (Å²) in [4.78, 5) is 0. The van der Waals surface area contributed by atoms with Gasteiger partial charge >= 0.3 is 0 Å². The Bertz CT molecular complexity index is 620. The molecule has 3 heterocycles. The third-order valence-corrected chi connectivity index (χ3v) is 3.69. The van der Waals surface area contributed by atoms with E-state index in [0.29, 0.717) is 19.3 Å². The van der Waals surface area contributed by atoms with Crippen molar-refractivity contribution < 1.29 is 14.2 Å². The summed E-state index contributed by atoms with van der Waals surface area (Å²) in [6, 6.07) is 5.94. The summed E-state index contributed by atoms with van der Waals surface area (Å²) in [5, 5.41) is 8.43. The van der Waals surface area contributed by atoms with E-state index in [2.05, 4.69) is 10.3 Å². The summed E-state index contributed by atoms with van der Waals surface area (Å²) >= 11 is 0. The molecule has 6 nitrogen and oxygen atoms in total. The van der Waals surface area contributed by atoms with Crippen LogP contribution in [0.15, 0.2) is 24.4 Å². The Morgan fingerprint density at radius 3 is 3.10 bits per heavy atom. The fourth-order valence-electron chi connectivity index (χ4n) is 2.57. The Balaban J connectivity index is 1.51. The predicted molar refractivity (Wildman–Crippen MR) is 69.9 cm³/mol. The lowest BCUT2D eigenvalue weighted by molar-refractivity contribution is 0.174. The highest BCUT2D eigenvalue weighted by Gasteiger charge is 2.21. The molecule has 1 fully saturated rings. The number of fused-ring (bicyclic) bond motifs is 1. The maximum Gasteiger partial charge on any atom is 0.231 e. The van der Waals surface area contributed by atoms with Gasteiger partial charge in [-0.2, -0.15) is 0 Å². The predicted octanol–water partition coefficient (Wildman–Crippen LogP) is 1.56. The molecule has 1 saturated heterocycles. The number of aromatic nitrogens is 3. The number of ether oxygens (including phenoxy) is 3. The van der Waals surface area contributed by atoms with Gasteiger partial charge in [0, 0.05) is 18.7 Å². The van der Waals surface area contributed by atoms with Crippen LogP contribution in [0.1, 0.15) is 23.6 Å². The van der Waals surface area contributed by atoms with Crippen LogP contribution in [0.4, 0.5) is 0 Å². The zero-order valence-corrected chi connectivity index (χ0v) is 11.0. The molecule has 0 unspecified atom stereocenters. The first-order valence-electron chi connectivity index (χ1n) is 6.75. The van der Waals surface area contributed by atoms with Gasteiger partial charge in [0.25, 0.3) is 0 Å². The zero-order valence-electron chi connectivity index (χ0n) is 11.0. The standard InChI is InChI=1S/C14H15N3O3/c1-2-13-14(20-9-19-13)5-10(1)6-17-7-12(15-16-17)11-3-4-18-8-11/h1-2,5,7,11H,3-4,6,8-9H2/t11-/m1/s1. The van der Waals surface area contributed by atoms with Crippen molar-refractivity contribution in [3.05, 3.63) is 35.7 Å². The van der Waals surface area contributed by atoms with Crippen LogP contribution in [0.3, 0.4) is 0 Å². The second kappa shape index (κ2) is 4.79. The molecule has 0 aliphatic carbocycles. The lowest BCUT2D eigenvalue weighted by Crippen LogP contribution is -2.00. The van der Waals surface area contributed by atoms with Crippen LogP contribution < -0.4 is 9.47 Å². The lowest BCUT2D eigenvalue weighted by Gasteiger charge is -2.03. The van der Waals surface area contributed by atoms with Crippen molar-refractivity contribution in [1.29, 1.82) is 0 Å². The second-order valence-corrected chi connectivity index (χ2v) is 5.09. The molecule has 4 rings (SSSR count). The molecule has 1 aromatic carbocycles. The van der Waals surface area contributed by atoms with E-state index in [-0.39, 0.29) is 0 Å². The van der Waals surface area contributed by atoms with Crippen LogP contribution >= 0.6 is 0 Å². The fraction of sp³-hybridized carbons (Fsp3) is 0.429.